The summed E-state index contributed by atoms with van der Waals surface area (Å²) in [6.45, 7) is 5.56. The predicted octanol–water partition coefficient (Wildman–Crippen LogP) is 4.05. The number of rotatable bonds is 4. The standard InChI is InChI=1S/C22H19N3O3S/c1-12-8-9-13(2)17(10-12)18-11-29-22(23-18)24-19(26)14(3)25-20(27)15-6-4-5-7-16(15)21(25)28/h4-11,14H,1-3H3,(H,23,24,26)/t14-/m1/s1. The maximum absolute atomic E-state index is 12.7. The lowest BCUT2D eigenvalue weighted by molar-refractivity contribution is -0.119. The quantitative estimate of drug-likeness (QED) is 0.664. The van der Waals surface area contributed by atoms with Crippen molar-refractivity contribution in [3.05, 3.63) is 70.1 Å². The zero-order valence-corrected chi connectivity index (χ0v) is 17.0. The lowest BCUT2D eigenvalue weighted by Crippen LogP contribution is -2.45. The van der Waals surface area contributed by atoms with Crippen molar-refractivity contribution in [2.75, 3.05) is 5.32 Å². The van der Waals surface area contributed by atoms with Gasteiger partial charge >= 0.3 is 0 Å². The monoisotopic (exact) mass is 405 g/mol. The van der Waals surface area contributed by atoms with E-state index in [-0.39, 0.29) is 0 Å². The van der Waals surface area contributed by atoms with E-state index in [1.807, 2.05) is 31.4 Å². The van der Waals surface area contributed by atoms with Crippen molar-refractivity contribution < 1.29 is 14.4 Å². The van der Waals surface area contributed by atoms with E-state index >= 15 is 0 Å². The van der Waals surface area contributed by atoms with Crippen LogP contribution in [0.25, 0.3) is 11.3 Å². The molecule has 3 amide bonds. The SMILES string of the molecule is Cc1ccc(C)c(-c2csc(NC(=O)[C@@H](C)N3C(=O)c4ccccc4C3=O)n2)c1. The number of hydrogen-bond donors (Lipinski definition) is 1. The molecule has 0 fully saturated rings. The first-order valence-electron chi connectivity index (χ1n) is 9.17. The summed E-state index contributed by atoms with van der Waals surface area (Å²) >= 11 is 1.30. The molecule has 29 heavy (non-hydrogen) atoms. The Morgan fingerprint density at radius 3 is 2.34 bits per heavy atom. The Morgan fingerprint density at radius 2 is 1.69 bits per heavy atom. The first kappa shape index (κ1) is 19.0. The third kappa shape index (κ3) is 3.34. The van der Waals surface area contributed by atoms with Crippen LogP contribution in [-0.4, -0.2) is 33.6 Å². The lowest BCUT2D eigenvalue weighted by atomic mass is 10.0. The summed E-state index contributed by atoms with van der Waals surface area (Å²) in [5.74, 6) is -1.37. The van der Waals surface area contributed by atoms with Crippen LogP contribution in [0.1, 0.15) is 38.8 Å². The van der Waals surface area contributed by atoms with E-state index in [0.29, 0.717) is 16.3 Å². The molecule has 2 aromatic carbocycles. The Hall–Kier alpha value is -3.32. The van der Waals surface area contributed by atoms with Gasteiger partial charge in [-0.15, -0.1) is 11.3 Å². The van der Waals surface area contributed by atoms with E-state index in [9.17, 15) is 14.4 Å². The average Bonchev–Trinajstić information content (AvgIpc) is 3.26. The van der Waals surface area contributed by atoms with Crippen molar-refractivity contribution in [1.29, 1.82) is 0 Å². The van der Waals surface area contributed by atoms with Gasteiger partial charge in [0.25, 0.3) is 11.8 Å². The van der Waals surface area contributed by atoms with Crippen molar-refractivity contribution in [3.63, 3.8) is 0 Å². The van der Waals surface area contributed by atoms with Crippen molar-refractivity contribution in [1.82, 2.24) is 9.88 Å². The fourth-order valence-corrected chi connectivity index (χ4v) is 4.07. The number of aromatic nitrogens is 1. The molecule has 1 aliphatic rings. The smallest absolute Gasteiger partial charge is 0.262 e. The van der Waals surface area contributed by atoms with Gasteiger partial charge in [0.1, 0.15) is 6.04 Å². The van der Waals surface area contributed by atoms with Gasteiger partial charge in [0.2, 0.25) is 5.91 Å². The number of nitrogens with zero attached hydrogens (tertiary/aromatic N) is 2. The molecule has 6 nitrogen and oxygen atoms in total. The normalized spacial score (nSPS) is 14.1. The molecule has 146 valence electrons. The molecule has 1 aromatic heterocycles. The molecule has 4 rings (SSSR count). The largest absolute Gasteiger partial charge is 0.300 e. The third-order valence-corrected chi connectivity index (χ3v) is 5.75. The fraction of sp³-hybridized carbons (Fsp3) is 0.182. The predicted molar refractivity (Wildman–Crippen MR) is 112 cm³/mol. The zero-order chi connectivity index (χ0) is 20.7. The first-order chi connectivity index (χ1) is 13.9. The van der Waals surface area contributed by atoms with Crippen LogP contribution < -0.4 is 5.32 Å². The highest BCUT2D eigenvalue weighted by Gasteiger charge is 2.40. The summed E-state index contributed by atoms with van der Waals surface area (Å²) in [5, 5.41) is 5.04. The summed E-state index contributed by atoms with van der Waals surface area (Å²) < 4.78 is 0. The van der Waals surface area contributed by atoms with Crippen molar-refractivity contribution >= 4 is 34.2 Å². The molecule has 0 radical (unpaired) electrons. The van der Waals surface area contributed by atoms with Gasteiger partial charge in [-0.3, -0.25) is 19.3 Å². The van der Waals surface area contributed by atoms with Gasteiger partial charge in [-0.1, -0.05) is 29.8 Å². The summed E-state index contributed by atoms with van der Waals surface area (Å²) in [6.07, 6.45) is 0. The lowest BCUT2D eigenvalue weighted by Gasteiger charge is -2.21. The number of carbonyl (C=O) groups is 3. The van der Waals surface area contributed by atoms with E-state index in [0.717, 1.165) is 27.3 Å². The summed E-state index contributed by atoms with van der Waals surface area (Å²) in [4.78, 5) is 43.4. The van der Waals surface area contributed by atoms with Crippen LogP contribution in [0.4, 0.5) is 5.13 Å². The van der Waals surface area contributed by atoms with E-state index in [1.54, 1.807) is 24.3 Å². The van der Waals surface area contributed by atoms with Gasteiger partial charge < -0.3 is 5.32 Å². The molecule has 0 spiro atoms. The molecule has 0 unspecified atom stereocenters. The highest BCUT2D eigenvalue weighted by Crippen LogP contribution is 2.29. The number of aryl methyl sites for hydroxylation is 2. The molecule has 1 aliphatic heterocycles. The first-order valence-corrected chi connectivity index (χ1v) is 10.1. The average molecular weight is 405 g/mol. The van der Waals surface area contributed by atoms with E-state index in [4.69, 9.17) is 0 Å². The van der Waals surface area contributed by atoms with Crippen molar-refractivity contribution in [2.45, 2.75) is 26.8 Å². The number of hydrogen-bond acceptors (Lipinski definition) is 5. The Kier molecular flexibility index (Phi) is 4.76. The highest BCUT2D eigenvalue weighted by molar-refractivity contribution is 7.14. The van der Waals surface area contributed by atoms with Crippen LogP contribution in [0.5, 0.6) is 0 Å². The number of nitrogens with one attached hydrogen (secondary N) is 1. The van der Waals surface area contributed by atoms with Crippen LogP contribution in [-0.2, 0) is 4.79 Å². The van der Waals surface area contributed by atoms with Crippen LogP contribution >= 0.6 is 11.3 Å². The Bertz CT molecular complexity index is 1120. The number of carbonyl (C=O) groups excluding carboxylic acids is 3. The van der Waals surface area contributed by atoms with Gasteiger partial charge in [-0.25, -0.2) is 4.98 Å². The Labute approximate surface area is 172 Å². The topological polar surface area (TPSA) is 79.4 Å². The Morgan fingerprint density at radius 1 is 1.03 bits per heavy atom. The molecular weight excluding hydrogens is 386 g/mol. The molecule has 3 aromatic rings. The molecule has 0 saturated carbocycles. The molecule has 0 saturated heterocycles. The second-order valence-electron chi connectivity index (χ2n) is 7.05. The number of thiazole rings is 1. The molecule has 2 heterocycles. The van der Waals surface area contributed by atoms with Crippen LogP contribution in [0.3, 0.4) is 0 Å². The van der Waals surface area contributed by atoms with Crippen molar-refractivity contribution in [2.24, 2.45) is 0 Å². The maximum Gasteiger partial charge on any atom is 0.262 e. The third-order valence-electron chi connectivity index (χ3n) is 5.00. The number of amides is 3. The van der Waals surface area contributed by atoms with E-state index in [1.165, 1.54) is 18.3 Å². The molecule has 0 bridgehead atoms. The molecule has 1 N–H and O–H groups in total. The minimum Gasteiger partial charge on any atom is -0.300 e. The molecular formula is C22H19N3O3S. The van der Waals surface area contributed by atoms with Gasteiger partial charge in [-0.05, 0) is 44.5 Å². The van der Waals surface area contributed by atoms with Crippen LogP contribution in [0.2, 0.25) is 0 Å². The Balaban J connectivity index is 1.52. The van der Waals surface area contributed by atoms with Gasteiger partial charge in [-0.2, -0.15) is 0 Å². The second kappa shape index (κ2) is 7.25. The minimum atomic E-state index is -0.949. The fourth-order valence-electron chi connectivity index (χ4n) is 3.35. The summed E-state index contributed by atoms with van der Waals surface area (Å²) in [6, 6.07) is 11.8. The van der Waals surface area contributed by atoms with Crippen molar-refractivity contribution in [3.8, 4) is 11.3 Å². The number of anilines is 1. The summed E-state index contributed by atoms with van der Waals surface area (Å²) in [7, 11) is 0. The van der Waals surface area contributed by atoms with Crippen LogP contribution in [0.15, 0.2) is 47.8 Å². The van der Waals surface area contributed by atoms with Gasteiger partial charge in [0.05, 0.1) is 16.8 Å². The van der Waals surface area contributed by atoms with Crippen LogP contribution in [0, 0.1) is 13.8 Å². The second-order valence-corrected chi connectivity index (χ2v) is 7.91. The van der Waals surface area contributed by atoms with E-state index < -0.39 is 23.8 Å². The van der Waals surface area contributed by atoms with Gasteiger partial charge in [0.15, 0.2) is 5.13 Å². The van der Waals surface area contributed by atoms with Gasteiger partial charge in [0, 0.05) is 10.9 Å². The highest BCUT2D eigenvalue weighted by atomic mass is 32.1. The summed E-state index contributed by atoms with van der Waals surface area (Å²) in [5.41, 5.74) is 4.66. The molecule has 1 atom stereocenters. The molecule has 7 heteroatoms. The number of imide groups is 1. The number of benzene rings is 2. The van der Waals surface area contributed by atoms with E-state index in [2.05, 4.69) is 16.4 Å². The zero-order valence-electron chi connectivity index (χ0n) is 16.2. The minimum absolute atomic E-state index is 0.323. The number of fused-ring (bicyclic) bond motifs is 1. The maximum atomic E-state index is 12.7. The molecule has 0 aliphatic carbocycles.